The van der Waals surface area contributed by atoms with E-state index in [9.17, 15) is 4.79 Å². The highest BCUT2D eigenvalue weighted by molar-refractivity contribution is 7.80. The summed E-state index contributed by atoms with van der Waals surface area (Å²) < 4.78 is 0. The molecule has 0 aliphatic carbocycles. The van der Waals surface area contributed by atoms with Crippen molar-refractivity contribution in [3.05, 3.63) is 29.8 Å². The Hall–Kier alpha value is -1.62. The number of benzene rings is 1. The first kappa shape index (κ1) is 16.7. The molecule has 5 heteroatoms. The van der Waals surface area contributed by atoms with Gasteiger partial charge >= 0.3 is 0 Å². The molecule has 0 atom stereocenters. The Balaban J connectivity index is 1.95. The molecule has 1 aliphatic heterocycles. The van der Waals surface area contributed by atoms with E-state index in [1.54, 1.807) is 0 Å². The van der Waals surface area contributed by atoms with Gasteiger partial charge in [0.25, 0.3) is 5.91 Å². The highest BCUT2D eigenvalue weighted by Crippen LogP contribution is 2.15. The van der Waals surface area contributed by atoms with Crippen molar-refractivity contribution in [1.29, 1.82) is 0 Å². The van der Waals surface area contributed by atoms with Gasteiger partial charge in [0, 0.05) is 29.9 Å². The van der Waals surface area contributed by atoms with Gasteiger partial charge in [-0.2, -0.15) is 0 Å². The smallest absolute Gasteiger partial charge is 0.253 e. The minimum absolute atomic E-state index is 0.0751. The van der Waals surface area contributed by atoms with E-state index in [4.69, 9.17) is 12.2 Å². The van der Waals surface area contributed by atoms with Crippen LogP contribution in [0.15, 0.2) is 24.3 Å². The van der Waals surface area contributed by atoms with E-state index in [-0.39, 0.29) is 11.4 Å². The average molecular weight is 319 g/mol. The molecule has 1 amide bonds. The van der Waals surface area contributed by atoms with Crippen LogP contribution < -0.4 is 10.6 Å². The summed E-state index contributed by atoms with van der Waals surface area (Å²) in [4.78, 5) is 14.3. The lowest BCUT2D eigenvalue weighted by Crippen LogP contribution is -2.42. The predicted octanol–water partition coefficient (Wildman–Crippen LogP) is 3.40. The fraction of sp³-hybridized carbons (Fsp3) is 0.529. The molecule has 0 spiro atoms. The molecule has 1 aromatic carbocycles. The van der Waals surface area contributed by atoms with E-state index in [0.717, 1.165) is 37.2 Å². The molecule has 120 valence electrons. The minimum atomic E-state index is -0.0751. The summed E-state index contributed by atoms with van der Waals surface area (Å²) in [6.07, 6.45) is 3.45. The van der Waals surface area contributed by atoms with Crippen molar-refractivity contribution >= 4 is 28.9 Å². The largest absolute Gasteiger partial charge is 0.358 e. The zero-order valence-corrected chi connectivity index (χ0v) is 14.4. The summed E-state index contributed by atoms with van der Waals surface area (Å²) in [6.45, 7) is 7.92. The van der Waals surface area contributed by atoms with Gasteiger partial charge in [-0.3, -0.25) is 4.79 Å². The molecular weight excluding hydrogens is 294 g/mol. The zero-order valence-electron chi connectivity index (χ0n) is 13.6. The molecule has 0 radical (unpaired) electrons. The second-order valence-corrected chi connectivity index (χ2v) is 7.17. The third-order valence-corrected chi connectivity index (χ3v) is 3.73. The van der Waals surface area contributed by atoms with Crippen LogP contribution in [0.5, 0.6) is 0 Å². The number of rotatable bonds is 2. The maximum absolute atomic E-state index is 12.4. The molecule has 2 N–H and O–H groups in total. The lowest BCUT2D eigenvalue weighted by molar-refractivity contribution is 0.0724. The summed E-state index contributed by atoms with van der Waals surface area (Å²) in [5, 5.41) is 6.93. The molecule has 1 aliphatic rings. The van der Waals surface area contributed by atoms with Crippen LogP contribution in [0.1, 0.15) is 50.4 Å². The van der Waals surface area contributed by atoms with Gasteiger partial charge < -0.3 is 15.5 Å². The standard InChI is InChI=1S/C17H25N3OS/c1-17(2,3)19-16(22)18-14-9-7-13(8-10-14)15(21)20-11-5-4-6-12-20/h7-10H,4-6,11-12H2,1-3H3,(H2,18,19,22). The molecule has 0 saturated carbocycles. The van der Waals surface area contributed by atoms with Gasteiger partial charge in [-0.25, -0.2) is 0 Å². The Bertz CT molecular complexity index is 528. The second kappa shape index (κ2) is 7.09. The van der Waals surface area contributed by atoms with Crippen LogP contribution in [-0.2, 0) is 0 Å². The topological polar surface area (TPSA) is 44.4 Å². The molecule has 1 fully saturated rings. The summed E-state index contributed by atoms with van der Waals surface area (Å²) in [5.41, 5.74) is 1.55. The molecule has 0 bridgehead atoms. The SMILES string of the molecule is CC(C)(C)NC(=S)Nc1ccc(C(=O)N2CCCCC2)cc1. The van der Waals surface area contributed by atoms with Gasteiger partial charge in [-0.1, -0.05) is 0 Å². The van der Waals surface area contributed by atoms with Gasteiger partial charge in [-0.05, 0) is 76.5 Å². The highest BCUT2D eigenvalue weighted by atomic mass is 32.1. The number of hydrogen-bond donors (Lipinski definition) is 2. The normalized spacial score (nSPS) is 15.3. The molecule has 0 unspecified atom stereocenters. The average Bonchev–Trinajstić information content (AvgIpc) is 2.46. The lowest BCUT2D eigenvalue weighted by Gasteiger charge is -2.26. The lowest BCUT2D eigenvalue weighted by atomic mass is 10.1. The van der Waals surface area contributed by atoms with Crippen LogP contribution in [-0.4, -0.2) is 34.5 Å². The summed E-state index contributed by atoms with van der Waals surface area (Å²) in [5.74, 6) is 0.127. The fourth-order valence-corrected chi connectivity index (χ4v) is 2.90. The molecule has 4 nitrogen and oxygen atoms in total. The first-order chi connectivity index (χ1) is 10.3. The number of amides is 1. The molecule has 1 saturated heterocycles. The zero-order chi connectivity index (χ0) is 16.2. The van der Waals surface area contributed by atoms with Crippen molar-refractivity contribution < 1.29 is 4.79 Å². The minimum Gasteiger partial charge on any atom is -0.358 e. The van der Waals surface area contributed by atoms with Gasteiger partial charge in [0.2, 0.25) is 0 Å². The summed E-state index contributed by atoms with van der Waals surface area (Å²) >= 11 is 5.27. The van der Waals surface area contributed by atoms with Gasteiger partial charge in [0.05, 0.1) is 0 Å². The number of carbonyl (C=O) groups is 1. The number of likely N-dealkylation sites (tertiary alicyclic amines) is 1. The third kappa shape index (κ3) is 4.98. The maximum Gasteiger partial charge on any atom is 0.253 e. The second-order valence-electron chi connectivity index (χ2n) is 6.76. The Labute approximate surface area is 138 Å². The van der Waals surface area contributed by atoms with E-state index in [1.807, 2.05) is 29.2 Å². The number of nitrogens with one attached hydrogen (secondary N) is 2. The van der Waals surface area contributed by atoms with Crippen LogP contribution in [0.4, 0.5) is 5.69 Å². The number of thiocarbonyl (C=S) groups is 1. The summed E-state index contributed by atoms with van der Waals surface area (Å²) in [6, 6.07) is 7.51. The number of nitrogens with zero attached hydrogens (tertiary/aromatic N) is 1. The quantitative estimate of drug-likeness (QED) is 0.820. The highest BCUT2D eigenvalue weighted by Gasteiger charge is 2.18. The first-order valence-electron chi connectivity index (χ1n) is 7.84. The van der Waals surface area contributed by atoms with Crippen molar-refractivity contribution in [3.8, 4) is 0 Å². The predicted molar refractivity (Wildman–Crippen MR) is 95.3 cm³/mol. The number of anilines is 1. The molecular formula is C17H25N3OS. The molecule has 0 aromatic heterocycles. The van der Waals surface area contributed by atoms with E-state index in [0.29, 0.717) is 5.11 Å². The number of hydrogen-bond acceptors (Lipinski definition) is 2. The third-order valence-electron chi connectivity index (χ3n) is 3.52. The Morgan fingerprint density at radius 1 is 1.09 bits per heavy atom. The fourth-order valence-electron chi connectivity index (χ4n) is 2.48. The van der Waals surface area contributed by atoms with Crippen molar-refractivity contribution in [2.24, 2.45) is 0 Å². The Morgan fingerprint density at radius 3 is 2.23 bits per heavy atom. The van der Waals surface area contributed by atoms with Crippen molar-refractivity contribution in [2.45, 2.75) is 45.6 Å². The van der Waals surface area contributed by atoms with Gasteiger partial charge in [0.15, 0.2) is 5.11 Å². The van der Waals surface area contributed by atoms with Crippen LogP contribution in [0, 0.1) is 0 Å². The molecule has 1 heterocycles. The molecule has 1 aromatic rings. The van der Waals surface area contributed by atoms with E-state index in [1.165, 1.54) is 6.42 Å². The summed E-state index contributed by atoms with van der Waals surface area (Å²) in [7, 11) is 0. The Kier molecular flexibility index (Phi) is 5.40. The monoisotopic (exact) mass is 319 g/mol. The number of piperidine rings is 1. The maximum atomic E-state index is 12.4. The van der Waals surface area contributed by atoms with Crippen molar-refractivity contribution in [2.75, 3.05) is 18.4 Å². The van der Waals surface area contributed by atoms with Crippen LogP contribution >= 0.6 is 12.2 Å². The van der Waals surface area contributed by atoms with Crippen molar-refractivity contribution in [3.63, 3.8) is 0 Å². The van der Waals surface area contributed by atoms with Crippen LogP contribution in [0.25, 0.3) is 0 Å². The number of carbonyl (C=O) groups excluding carboxylic acids is 1. The van der Waals surface area contributed by atoms with E-state index in [2.05, 4.69) is 31.4 Å². The van der Waals surface area contributed by atoms with Gasteiger partial charge in [-0.15, -0.1) is 0 Å². The first-order valence-corrected chi connectivity index (χ1v) is 8.24. The van der Waals surface area contributed by atoms with Crippen molar-refractivity contribution in [1.82, 2.24) is 10.2 Å². The van der Waals surface area contributed by atoms with Gasteiger partial charge in [0.1, 0.15) is 0 Å². The molecule has 2 rings (SSSR count). The Morgan fingerprint density at radius 2 is 1.68 bits per heavy atom. The van der Waals surface area contributed by atoms with E-state index >= 15 is 0 Å². The van der Waals surface area contributed by atoms with E-state index < -0.39 is 0 Å². The van der Waals surface area contributed by atoms with Crippen LogP contribution in [0.2, 0.25) is 0 Å². The molecule has 22 heavy (non-hydrogen) atoms. The van der Waals surface area contributed by atoms with Crippen LogP contribution in [0.3, 0.4) is 0 Å².